The molecule has 0 radical (unpaired) electrons. The Bertz CT molecular complexity index is 864. The lowest BCUT2D eigenvalue weighted by Crippen LogP contribution is -2.23. The smallest absolute Gasteiger partial charge is 0.122 e. The van der Waals surface area contributed by atoms with E-state index in [1.807, 2.05) is 42.5 Å². The molecule has 29 heavy (non-hydrogen) atoms. The molecule has 0 spiro atoms. The van der Waals surface area contributed by atoms with Gasteiger partial charge in [0.2, 0.25) is 0 Å². The van der Waals surface area contributed by atoms with Crippen molar-refractivity contribution in [2.24, 2.45) is 0 Å². The van der Waals surface area contributed by atoms with Crippen LogP contribution in [0.2, 0.25) is 0 Å². The van der Waals surface area contributed by atoms with E-state index in [2.05, 4.69) is 44.3 Å². The maximum atomic E-state index is 5.88. The number of rotatable bonds is 9. The summed E-state index contributed by atoms with van der Waals surface area (Å²) in [5.74, 6) is 2.90. The first-order chi connectivity index (χ1) is 14.0. The Kier molecular flexibility index (Phi) is 6.99. The van der Waals surface area contributed by atoms with Crippen molar-refractivity contribution in [3.8, 4) is 11.5 Å². The second-order valence-corrected chi connectivity index (χ2v) is 8.13. The molecule has 0 aliphatic rings. The molecule has 154 valence electrons. The highest BCUT2D eigenvalue weighted by atomic mass is 16.5. The predicted octanol–water partition coefficient (Wildman–Crippen LogP) is 5.78. The Hall–Kier alpha value is -2.72. The average Bonchev–Trinajstić information content (AvgIpc) is 3.22. The molecule has 1 aromatic heterocycles. The Labute approximate surface area is 173 Å². The number of hydrogen-bond acceptors (Lipinski definition) is 4. The van der Waals surface area contributed by atoms with E-state index in [1.54, 1.807) is 13.4 Å². The quantitative estimate of drug-likeness (QED) is 0.468. The van der Waals surface area contributed by atoms with Crippen molar-refractivity contribution in [1.82, 2.24) is 5.32 Å². The summed E-state index contributed by atoms with van der Waals surface area (Å²) in [4.78, 5) is 0. The monoisotopic (exact) mass is 393 g/mol. The van der Waals surface area contributed by atoms with Gasteiger partial charge in [-0.2, -0.15) is 0 Å². The molecular weight excluding hydrogens is 362 g/mol. The van der Waals surface area contributed by atoms with Crippen LogP contribution in [0.15, 0.2) is 71.3 Å². The van der Waals surface area contributed by atoms with Crippen LogP contribution in [0.3, 0.4) is 0 Å². The number of benzene rings is 2. The third-order valence-electron chi connectivity index (χ3n) is 4.69. The van der Waals surface area contributed by atoms with Crippen molar-refractivity contribution in [3.63, 3.8) is 0 Å². The molecular formula is C25H31NO3. The van der Waals surface area contributed by atoms with Crippen LogP contribution < -0.4 is 14.8 Å². The van der Waals surface area contributed by atoms with Gasteiger partial charge >= 0.3 is 0 Å². The van der Waals surface area contributed by atoms with Crippen LogP contribution in [0, 0.1) is 0 Å². The molecule has 1 heterocycles. The normalized spacial score (nSPS) is 12.6. The fraction of sp³-hybridized carbons (Fsp3) is 0.360. The van der Waals surface area contributed by atoms with Crippen molar-refractivity contribution < 1.29 is 13.9 Å². The van der Waals surface area contributed by atoms with E-state index in [0.717, 1.165) is 42.3 Å². The zero-order valence-corrected chi connectivity index (χ0v) is 17.8. The first-order valence-corrected chi connectivity index (χ1v) is 10.1. The van der Waals surface area contributed by atoms with Crippen molar-refractivity contribution in [2.45, 2.75) is 45.3 Å². The molecule has 3 aromatic rings. The van der Waals surface area contributed by atoms with E-state index in [9.17, 15) is 0 Å². The summed E-state index contributed by atoms with van der Waals surface area (Å²) in [7, 11) is 1.71. The van der Waals surface area contributed by atoms with Crippen LogP contribution in [0.1, 0.15) is 50.0 Å². The van der Waals surface area contributed by atoms with Gasteiger partial charge < -0.3 is 19.2 Å². The van der Waals surface area contributed by atoms with Crippen LogP contribution in [0.5, 0.6) is 11.5 Å². The second-order valence-electron chi connectivity index (χ2n) is 8.13. The average molecular weight is 394 g/mol. The Balaban J connectivity index is 1.58. The number of furan rings is 1. The van der Waals surface area contributed by atoms with Crippen LogP contribution in [0.4, 0.5) is 0 Å². The van der Waals surface area contributed by atoms with E-state index < -0.39 is 0 Å². The van der Waals surface area contributed by atoms with Crippen molar-refractivity contribution >= 4 is 0 Å². The first kappa shape index (κ1) is 21.0. The van der Waals surface area contributed by atoms with Gasteiger partial charge in [0.25, 0.3) is 0 Å². The minimum absolute atomic E-state index is 0.149. The largest absolute Gasteiger partial charge is 0.496 e. The third kappa shape index (κ3) is 6.13. The summed E-state index contributed by atoms with van der Waals surface area (Å²) in [6.07, 6.45) is 2.64. The number of methoxy groups -OCH3 is 1. The summed E-state index contributed by atoms with van der Waals surface area (Å²) in [6, 6.07) is 20.4. The fourth-order valence-electron chi connectivity index (χ4n) is 3.40. The molecule has 4 heteroatoms. The fourth-order valence-corrected chi connectivity index (χ4v) is 3.40. The van der Waals surface area contributed by atoms with E-state index in [0.29, 0.717) is 0 Å². The van der Waals surface area contributed by atoms with Gasteiger partial charge in [-0.15, -0.1) is 0 Å². The molecule has 2 aromatic carbocycles. The summed E-state index contributed by atoms with van der Waals surface area (Å²) < 4.78 is 17.2. The topological polar surface area (TPSA) is 43.6 Å². The van der Waals surface area contributed by atoms with Crippen molar-refractivity contribution in [2.75, 3.05) is 13.7 Å². The molecule has 0 saturated heterocycles. The number of nitrogens with one attached hydrogen (secondary N) is 1. The molecule has 0 unspecified atom stereocenters. The number of para-hydroxylation sites is 1. The molecule has 0 aliphatic heterocycles. The minimum Gasteiger partial charge on any atom is -0.496 e. The third-order valence-corrected chi connectivity index (χ3v) is 4.69. The standard InChI is InChI=1S/C25H31NO3/c1-25(2,3)29-20-13-11-19(12-14-20)18-26-16-15-22(24-10-7-17-28-24)21-8-5-6-9-23(21)27-4/h5-14,17,22,26H,15-16,18H2,1-4H3/t22-/m0/s1. The molecule has 0 aliphatic carbocycles. The van der Waals surface area contributed by atoms with E-state index in [1.165, 1.54) is 5.56 Å². The zero-order valence-electron chi connectivity index (χ0n) is 17.8. The molecule has 4 nitrogen and oxygen atoms in total. The number of hydrogen-bond donors (Lipinski definition) is 1. The molecule has 1 N–H and O–H groups in total. The van der Waals surface area contributed by atoms with Gasteiger partial charge in [-0.3, -0.25) is 0 Å². The molecule has 0 fully saturated rings. The van der Waals surface area contributed by atoms with Gasteiger partial charge in [0.1, 0.15) is 22.9 Å². The molecule has 0 saturated carbocycles. The Morgan fingerprint density at radius 2 is 1.72 bits per heavy atom. The maximum absolute atomic E-state index is 5.88. The van der Waals surface area contributed by atoms with Crippen molar-refractivity contribution in [1.29, 1.82) is 0 Å². The van der Waals surface area contributed by atoms with Gasteiger partial charge in [-0.05, 0) is 69.6 Å². The lowest BCUT2D eigenvalue weighted by molar-refractivity contribution is 0.131. The highest BCUT2D eigenvalue weighted by molar-refractivity contribution is 5.40. The van der Waals surface area contributed by atoms with Gasteiger partial charge in [0.05, 0.1) is 13.4 Å². The van der Waals surface area contributed by atoms with Crippen molar-refractivity contribution in [3.05, 3.63) is 83.8 Å². The predicted molar refractivity (Wildman–Crippen MR) is 117 cm³/mol. The molecule has 3 rings (SSSR count). The van der Waals surface area contributed by atoms with Gasteiger partial charge in [-0.25, -0.2) is 0 Å². The maximum Gasteiger partial charge on any atom is 0.122 e. The summed E-state index contributed by atoms with van der Waals surface area (Å²) in [5.41, 5.74) is 2.20. The van der Waals surface area contributed by atoms with Crippen LogP contribution in [-0.2, 0) is 6.54 Å². The summed E-state index contributed by atoms with van der Waals surface area (Å²) in [5, 5.41) is 3.55. The highest BCUT2D eigenvalue weighted by Crippen LogP contribution is 2.34. The van der Waals surface area contributed by atoms with Gasteiger partial charge in [0.15, 0.2) is 0 Å². The molecule has 1 atom stereocenters. The Morgan fingerprint density at radius 1 is 0.966 bits per heavy atom. The molecule has 0 bridgehead atoms. The first-order valence-electron chi connectivity index (χ1n) is 10.1. The lowest BCUT2D eigenvalue weighted by atomic mass is 9.92. The lowest BCUT2D eigenvalue weighted by Gasteiger charge is -2.21. The van der Waals surface area contributed by atoms with Crippen LogP contribution in [0.25, 0.3) is 0 Å². The van der Waals surface area contributed by atoms with E-state index >= 15 is 0 Å². The SMILES string of the molecule is COc1ccccc1[C@H](CCNCc1ccc(OC(C)(C)C)cc1)c1ccco1. The van der Waals surface area contributed by atoms with Crippen LogP contribution in [-0.4, -0.2) is 19.3 Å². The highest BCUT2D eigenvalue weighted by Gasteiger charge is 2.20. The number of ether oxygens (including phenoxy) is 2. The minimum atomic E-state index is -0.181. The van der Waals surface area contributed by atoms with E-state index in [-0.39, 0.29) is 11.5 Å². The van der Waals surface area contributed by atoms with Gasteiger partial charge in [0, 0.05) is 18.0 Å². The second kappa shape index (κ2) is 9.66. The van der Waals surface area contributed by atoms with Crippen LogP contribution >= 0.6 is 0 Å². The van der Waals surface area contributed by atoms with E-state index in [4.69, 9.17) is 13.9 Å². The molecule has 0 amide bonds. The Morgan fingerprint density at radius 3 is 2.38 bits per heavy atom. The summed E-state index contributed by atoms with van der Waals surface area (Å²) >= 11 is 0. The summed E-state index contributed by atoms with van der Waals surface area (Å²) in [6.45, 7) is 7.84. The zero-order chi connectivity index (χ0) is 20.7. The van der Waals surface area contributed by atoms with Gasteiger partial charge in [-0.1, -0.05) is 30.3 Å².